The van der Waals surface area contributed by atoms with E-state index in [1.54, 1.807) is 16.6 Å². The number of carbonyl (C=O) groups is 1. The Labute approximate surface area is 225 Å². The molecule has 0 spiro atoms. The summed E-state index contributed by atoms with van der Waals surface area (Å²) in [4.78, 5) is 16.1. The molecule has 0 amide bonds. The number of pyridine rings is 1. The highest BCUT2D eigenvalue weighted by Gasteiger charge is 2.35. The van der Waals surface area contributed by atoms with Crippen molar-refractivity contribution in [2.75, 3.05) is 6.54 Å². The number of aryl methyl sites for hydroxylation is 3. The van der Waals surface area contributed by atoms with Gasteiger partial charge in [0.15, 0.2) is 0 Å². The Kier molecular flexibility index (Phi) is 9.03. The first kappa shape index (κ1) is 28.0. The first-order chi connectivity index (χ1) is 18.2. The summed E-state index contributed by atoms with van der Waals surface area (Å²) >= 11 is 0. The monoisotopic (exact) mass is 543 g/mol. The van der Waals surface area contributed by atoms with Crippen LogP contribution >= 0.6 is 10.8 Å². The highest BCUT2D eigenvalue weighted by atomic mass is 32.3. The fourth-order valence-corrected chi connectivity index (χ4v) is 6.30. The van der Waals surface area contributed by atoms with Gasteiger partial charge in [-0.2, -0.15) is 4.31 Å². The van der Waals surface area contributed by atoms with Crippen LogP contribution in [0.2, 0.25) is 0 Å². The molecule has 10 nitrogen and oxygen atoms in total. The molecule has 0 saturated carbocycles. The molecule has 2 atom stereocenters. The van der Waals surface area contributed by atoms with Crippen molar-refractivity contribution in [3.05, 3.63) is 65.2 Å². The molecule has 3 aromatic rings. The summed E-state index contributed by atoms with van der Waals surface area (Å²) in [5.74, 6) is -0.637. The average molecular weight is 544 g/mol. The van der Waals surface area contributed by atoms with E-state index < -0.39 is 16.7 Å². The first-order valence-corrected chi connectivity index (χ1v) is 14.6. The van der Waals surface area contributed by atoms with Crippen molar-refractivity contribution < 1.29 is 23.7 Å². The van der Waals surface area contributed by atoms with Crippen LogP contribution in [0.1, 0.15) is 67.8 Å². The Hall–Kier alpha value is -2.99. The van der Waals surface area contributed by atoms with Crippen LogP contribution in [-0.2, 0) is 24.3 Å². The zero-order chi connectivity index (χ0) is 27.3. The summed E-state index contributed by atoms with van der Waals surface area (Å²) in [6.45, 7) is 7.47. The zero-order valence-electron chi connectivity index (χ0n) is 22.2. The zero-order valence-corrected chi connectivity index (χ0v) is 23.0. The van der Waals surface area contributed by atoms with E-state index in [-0.39, 0.29) is 29.9 Å². The Morgan fingerprint density at radius 3 is 2.82 bits per heavy atom. The molecule has 2 unspecified atom stereocenters. The molecule has 38 heavy (non-hydrogen) atoms. The lowest BCUT2D eigenvalue weighted by Crippen LogP contribution is -2.34. The summed E-state index contributed by atoms with van der Waals surface area (Å²) in [7, 11) is -3.34. The molecule has 1 aliphatic rings. The van der Waals surface area contributed by atoms with E-state index >= 15 is 0 Å². The predicted molar refractivity (Wildman–Crippen MR) is 145 cm³/mol. The number of nitrogens with zero attached hydrogens (tertiary/aromatic N) is 5. The van der Waals surface area contributed by atoms with Gasteiger partial charge in [0.05, 0.1) is 24.9 Å². The summed E-state index contributed by atoms with van der Waals surface area (Å²) in [6.07, 6.45) is 7.65. The van der Waals surface area contributed by atoms with Crippen LogP contribution in [0.3, 0.4) is 0 Å². The molecule has 1 aliphatic heterocycles. The number of rotatable bonds is 11. The van der Waals surface area contributed by atoms with Gasteiger partial charge in [-0.1, -0.05) is 37.3 Å². The lowest BCUT2D eigenvalue weighted by atomic mass is 9.88. The van der Waals surface area contributed by atoms with E-state index in [1.165, 1.54) is 6.20 Å². The second-order valence-electron chi connectivity index (χ2n) is 9.80. The van der Waals surface area contributed by atoms with Gasteiger partial charge in [0.2, 0.25) is 0 Å². The van der Waals surface area contributed by atoms with Crippen molar-refractivity contribution in [2.24, 2.45) is 0 Å². The second kappa shape index (κ2) is 12.2. The third kappa shape index (κ3) is 6.52. The number of aromatic nitrogens is 4. The largest absolute Gasteiger partial charge is 0.487 e. The van der Waals surface area contributed by atoms with Gasteiger partial charge in [0, 0.05) is 31.5 Å². The molecule has 2 aromatic heterocycles. The van der Waals surface area contributed by atoms with Crippen LogP contribution in [0, 0.1) is 6.92 Å². The standard InChI is InChI=1S/C27H37N5O5S/c1-4-12-31-17-23(29-30-31)9-8-21(14-27(33)34)20-7-6-19(3)22(13-20)16-32-18-24(5-2)37-25-10-11-28-15-26(25)38(32,35)36/h6-7,10-11,13,15,17,21,24,35-36H,4-5,8-9,12,14,16,18H2,1-3H3,(H,33,34). The maximum absolute atomic E-state index is 11.7. The number of aliphatic carboxylic acids is 1. The van der Waals surface area contributed by atoms with Gasteiger partial charge >= 0.3 is 5.97 Å². The minimum Gasteiger partial charge on any atom is -0.487 e. The Morgan fingerprint density at radius 1 is 1.26 bits per heavy atom. The molecule has 3 N–H and O–H groups in total. The van der Waals surface area contributed by atoms with Crippen molar-refractivity contribution in [3.8, 4) is 5.75 Å². The number of carboxylic acids is 1. The molecular formula is C27H37N5O5S. The lowest BCUT2D eigenvalue weighted by molar-refractivity contribution is -0.137. The molecule has 0 radical (unpaired) electrons. The third-order valence-corrected chi connectivity index (χ3v) is 8.85. The van der Waals surface area contributed by atoms with Crippen molar-refractivity contribution in [3.63, 3.8) is 0 Å². The average Bonchev–Trinajstić information content (AvgIpc) is 3.30. The fourth-order valence-electron chi connectivity index (χ4n) is 4.74. The maximum atomic E-state index is 11.7. The van der Waals surface area contributed by atoms with Crippen LogP contribution in [0.5, 0.6) is 5.75 Å². The maximum Gasteiger partial charge on any atom is 0.303 e. The topological polar surface area (TPSA) is 134 Å². The number of fused-ring (bicyclic) bond motifs is 1. The van der Waals surface area contributed by atoms with Gasteiger partial charge < -0.3 is 9.84 Å². The number of carboxylic acid groups (broad SMARTS) is 1. The van der Waals surface area contributed by atoms with Crippen LogP contribution in [0.15, 0.2) is 47.8 Å². The van der Waals surface area contributed by atoms with Gasteiger partial charge in [0.1, 0.15) is 16.7 Å². The van der Waals surface area contributed by atoms with Crippen LogP contribution in [-0.4, -0.2) is 57.1 Å². The van der Waals surface area contributed by atoms with Gasteiger partial charge in [-0.25, -0.2) is 0 Å². The first-order valence-electron chi connectivity index (χ1n) is 13.1. The normalized spacial score (nSPS) is 18.7. The number of ether oxygens (including phenoxy) is 1. The fraction of sp³-hybridized carbons (Fsp3) is 0.481. The van der Waals surface area contributed by atoms with Crippen LogP contribution < -0.4 is 4.74 Å². The number of hydrogen-bond donors (Lipinski definition) is 3. The van der Waals surface area contributed by atoms with E-state index in [1.807, 2.05) is 42.9 Å². The molecule has 0 bridgehead atoms. The Morgan fingerprint density at radius 2 is 2.08 bits per heavy atom. The minimum atomic E-state index is -3.34. The quantitative estimate of drug-likeness (QED) is 0.295. The van der Waals surface area contributed by atoms with Crippen molar-refractivity contribution in [1.82, 2.24) is 24.3 Å². The molecule has 4 rings (SSSR count). The molecule has 206 valence electrons. The van der Waals surface area contributed by atoms with Gasteiger partial charge in [-0.05, 0) is 55.2 Å². The van der Waals surface area contributed by atoms with Gasteiger partial charge in [-0.15, -0.1) is 15.9 Å². The minimum absolute atomic E-state index is 0.00467. The molecule has 0 fully saturated rings. The van der Waals surface area contributed by atoms with Crippen LogP contribution in [0.4, 0.5) is 0 Å². The van der Waals surface area contributed by atoms with E-state index in [2.05, 4.69) is 22.2 Å². The summed E-state index contributed by atoms with van der Waals surface area (Å²) in [5, 5.41) is 18.0. The van der Waals surface area contributed by atoms with E-state index in [0.29, 0.717) is 31.6 Å². The smallest absolute Gasteiger partial charge is 0.303 e. The van der Waals surface area contributed by atoms with Crippen molar-refractivity contribution in [1.29, 1.82) is 0 Å². The SMILES string of the molecule is CCCn1cc(CCC(CC(=O)O)c2ccc(C)c(CN3CC(CC)Oc4ccncc4S3(O)O)c2)nn1. The van der Waals surface area contributed by atoms with E-state index in [9.17, 15) is 19.0 Å². The second-order valence-corrected chi connectivity index (χ2v) is 11.8. The Bertz CT molecular complexity index is 1250. The van der Waals surface area contributed by atoms with Crippen molar-refractivity contribution >= 4 is 16.7 Å². The number of hydrogen-bond acceptors (Lipinski definition) is 8. The summed E-state index contributed by atoms with van der Waals surface area (Å²) in [5.41, 5.74) is 3.65. The highest BCUT2D eigenvalue weighted by Crippen LogP contribution is 2.57. The lowest BCUT2D eigenvalue weighted by Gasteiger charge is -2.41. The van der Waals surface area contributed by atoms with Crippen molar-refractivity contribution in [2.45, 2.75) is 82.9 Å². The molecule has 0 aliphatic carbocycles. The molecule has 3 heterocycles. The molecule has 1 aromatic carbocycles. The molecule has 0 saturated heterocycles. The Balaban J connectivity index is 1.58. The predicted octanol–water partition coefficient (Wildman–Crippen LogP) is 5.28. The van der Waals surface area contributed by atoms with E-state index in [0.717, 1.165) is 35.3 Å². The van der Waals surface area contributed by atoms with Gasteiger partial charge in [-0.3, -0.25) is 23.6 Å². The van der Waals surface area contributed by atoms with Gasteiger partial charge in [0.25, 0.3) is 0 Å². The van der Waals surface area contributed by atoms with Crippen LogP contribution in [0.25, 0.3) is 0 Å². The number of benzene rings is 1. The summed E-state index contributed by atoms with van der Waals surface area (Å²) < 4.78 is 32.2. The summed E-state index contributed by atoms with van der Waals surface area (Å²) in [6, 6.07) is 7.62. The van der Waals surface area contributed by atoms with E-state index in [4.69, 9.17) is 4.74 Å². The third-order valence-electron chi connectivity index (χ3n) is 6.96. The highest BCUT2D eigenvalue weighted by molar-refractivity contribution is 8.22. The molecular weight excluding hydrogens is 506 g/mol. The molecule has 11 heteroatoms.